The Morgan fingerprint density at radius 1 is 1.30 bits per heavy atom. The number of rotatable bonds is 6. The number of nitriles is 1. The molecule has 174 valence electrons. The van der Waals surface area contributed by atoms with Gasteiger partial charge in [-0.1, -0.05) is 13.8 Å². The van der Waals surface area contributed by atoms with Gasteiger partial charge in [0.1, 0.15) is 5.82 Å². The minimum atomic E-state index is -1.31. The van der Waals surface area contributed by atoms with Gasteiger partial charge < -0.3 is 9.64 Å². The van der Waals surface area contributed by atoms with Crippen LogP contribution in [0, 0.1) is 23.2 Å². The Labute approximate surface area is 196 Å². The molecule has 9 nitrogen and oxygen atoms in total. The summed E-state index contributed by atoms with van der Waals surface area (Å²) in [5.41, 5.74) is 1.89. The van der Waals surface area contributed by atoms with Gasteiger partial charge >= 0.3 is 0 Å². The number of H-pyrrole nitrogens is 1. The summed E-state index contributed by atoms with van der Waals surface area (Å²) in [6, 6.07) is 8.07. The number of ether oxygens (including phenoxy) is 1. The van der Waals surface area contributed by atoms with Crippen molar-refractivity contribution >= 4 is 27.7 Å². The van der Waals surface area contributed by atoms with Crippen LogP contribution >= 0.6 is 0 Å². The summed E-state index contributed by atoms with van der Waals surface area (Å²) in [6.07, 6.45) is 6.08. The predicted octanol–water partition coefficient (Wildman–Crippen LogP) is 3.43. The van der Waals surface area contributed by atoms with Gasteiger partial charge in [-0.05, 0) is 31.4 Å². The standard InChI is InChI=1S/C21H23N7O2S.C2H6/c1-31(29)21-24-17(10-18(25-21)30-12-15-9-14(15)11-22)28-7-4-13(5-8-28)19-16-3-2-6-23-20(16)27-26-19;1-2/h2-3,6,10,13-15H,4-5,7-9,12H2,1H3,(H,23,26,27);1-2H3. The molecule has 3 aromatic rings. The smallest absolute Gasteiger partial charge is 0.223 e. The van der Waals surface area contributed by atoms with E-state index in [1.807, 2.05) is 26.0 Å². The summed E-state index contributed by atoms with van der Waals surface area (Å²) in [7, 11) is -1.31. The van der Waals surface area contributed by atoms with Gasteiger partial charge in [0, 0.05) is 54.5 Å². The molecule has 0 amide bonds. The normalized spacial score (nSPS) is 21.1. The van der Waals surface area contributed by atoms with Crippen LogP contribution in [0.25, 0.3) is 11.0 Å². The van der Waals surface area contributed by atoms with Crippen LogP contribution < -0.4 is 9.64 Å². The third-order valence-electron chi connectivity index (χ3n) is 6.05. The topological polar surface area (TPSA) is 121 Å². The van der Waals surface area contributed by atoms with Gasteiger partial charge in [-0.2, -0.15) is 15.3 Å². The Hall–Kier alpha value is -3.06. The van der Waals surface area contributed by atoms with Gasteiger partial charge in [0.2, 0.25) is 11.0 Å². The summed E-state index contributed by atoms with van der Waals surface area (Å²) in [6.45, 7) is 6.08. The number of aromatic nitrogens is 5. The van der Waals surface area contributed by atoms with E-state index in [2.05, 4.69) is 42.2 Å². The molecule has 1 aliphatic carbocycles. The molecule has 2 fully saturated rings. The second kappa shape index (κ2) is 10.3. The number of fused-ring (bicyclic) bond motifs is 1. The third kappa shape index (κ3) is 5.14. The Balaban J connectivity index is 0.00000126. The molecule has 3 unspecified atom stereocenters. The molecule has 10 heteroatoms. The summed E-state index contributed by atoms with van der Waals surface area (Å²) < 4.78 is 17.9. The highest BCUT2D eigenvalue weighted by Gasteiger charge is 2.38. The minimum Gasteiger partial charge on any atom is -0.477 e. The van der Waals surface area contributed by atoms with Gasteiger partial charge in [-0.15, -0.1) is 0 Å². The van der Waals surface area contributed by atoms with E-state index in [0.717, 1.165) is 54.9 Å². The number of hydrogen-bond acceptors (Lipinski definition) is 8. The first-order chi connectivity index (χ1) is 16.1. The highest BCUT2D eigenvalue weighted by atomic mass is 32.2. The van der Waals surface area contributed by atoms with Crippen LogP contribution in [0.1, 0.15) is 44.7 Å². The van der Waals surface area contributed by atoms with Crippen LogP contribution in [-0.4, -0.2) is 55.3 Å². The van der Waals surface area contributed by atoms with Crippen molar-refractivity contribution in [2.45, 2.75) is 44.2 Å². The zero-order chi connectivity index (χ0) is 23.4. The number of piperidine rings is 1. The van der Waals surface area contributed by atoms with Crippen LogP contribution in [-0.2, 0) is 10.8 Å². The zero-order valence-corrected chi connectivity index (χ0v) is 20.0. The van der Waals surface area contributed by atoms with Crippen LogP contribution in [0.3, 0.4) is 0 Å². The number of hydrogen-bond donors (Lipinski definition) is 1. The van der Waals surface area contributed by atoms with E-state index in [4.69, 9.17) is 10.00 Å². The first kappa shape index (κ1) is 23.1. The number of nitrogens with zero attached hydrogens (tertiary/aromatic N) is 6. The number of aromatic amines is 1. The summed E-state index contributed by atoms with van der Waals surface area (Å²) in [5, 5.41) is 17.8. The summed E-state index contributed by atoms with van der Waals surface area (Å²) in [4.78, 5) is 15.3. The lowest BCUT2D eigenvalue weighted by Crippen LogP contribution is -2.34. The maximum Gasteiger partial charge on any atom is 0.223 e. The molecule has 0 radical (unpaired) electrons. The number of pyridine rings is 1. The van der Waals surface area contributed by atoms with E-state index >= 15 is 0 Å². The molecule has 2 aliphatic rings. The van der Waals surface area contributed by atoms with Gasteiger partial charge in [-0.3, -0.25) is 9.31 Å². The minimum absolute atomic E-state index is 0.0777. The van der Waals surface area contributed by atoms with Gasteiger partial charge in [0.15, 0.2) is 5.65 Å². The van der Waals surface area contributed by atoms with Crippen LogP contribution in [0.5, 0.6) is 5.88 Å². The van der Waals surface area contributed by atoms with Crippen molar-refractivity contribution in [1.29, 1.82) is 5.26 Å². The number of nitrogens with one attached hydrogen (secondary N) is 1. The van der Waals surface area contributed by atoms with Crippen molar-refractivity contribution < 1.29 is 8.95 Å². The Morgan fingerprint density at radius 2 is 2.09 bits per heavy atom. The second-order valence-electron chi connectivity index (χ2n) is 8.12. The van der Waals surface area contributed by atoms with Crippen molar-refractivity contribution in [2.75, 3.05) is 30.9 Å². The van der Waals surface area contributed by atoms with E-state index < -0.39 is 10.8 Å². The molecular formula is C23H29N7O2S. The molecule has 0 spiro atoms. The van der Waals surface area contributed by atoms with Gasteiger partial charge in [0.25, 0.3) is 0 Å². The van der Waals surface area contributed by atoms with Gasteiger partial charge in [-0.25, -0.2) is 9.97 Å². The van der Waals surface area contributed by atoms with Crippen LogP contribution in [0.15, 0.2) is 29.6 Å². The zero-order valence-electron chi connectivity index (χ0n) is 19.2. The molecule has 0 bridgehead atoms. The first-order valence-corrected chi connectivity index (χ1v) is 13.0. The Bertz CT molecular complexity index is 1170. The predicted molar refractivity (Wildman–Crippen MR) is 126 cm³/mol. The molecule has 3 atom stereocenters. The Morgan fingerprint density at radius 3 is 2.79 bits per heavy atom. The maximum absolute atomic E-state index is 12.1. The summed E-state index contributed by atoms with van der Waals surface area (Å²) >= 11 is 0. The molecule has 1 saturated heterocycles. The van der Waals surface area contributed by atoms with E-state index in [0.29, 0.717) is 18.4 Å². The lowest BCUT2D eigenvalue weighted by atomic mass is 9.92. The van der Waals surface area contributed by atoms with E-state index in [1.165, 1.54) is 0 Å². The molecule has 33 heavy (non-hydrogen) atoms. The van der Waals surface area contributed by atoms with Crippen molar-refractivity contribution in [3.05, 3.63) is 30.1 Å². The monoisotopic (exact) mass is 467 g/mol. The molecule has 4 heterocycles. The largest absolute Gasteiger partial charge is 0.477 e. The fourth-order valence-corrected chi connectivity index (χ4v) is 4.56. The molecular weight excluding hydrogens is 438 g/mol. The fourth-order valence-electron chi connectivity index (χ4n) is 4.12. The molecule has 1 aliphatic heterocycles. The fraction of sp³-hybridized carbons (Fsp3) is 0.522. The molecule has 3 aromatic heterocycles. The van der Waals surface area contributed by atoms with Crippen LogP contribution in [0.2, 0.25) is 0 Å². The van der Waals surface area contributed by atoms with E-state index in [-0.39, 0.29) is 17.0 Å². The molecule has 1 N–H and O–H groups in total. The average Bonchev–Trinajstić information content (AvgIpc) is 3.51. The van der Waals surface area contributed by atoms with Crippen molar-refractivity contribution in [3.63, 3.8) is 0 Å². The van der Waals surface area contributed by atoms with Crippen molar-refractivity contribution in [2.24, 2.45) is 11.8 Å². The van der Waals surface area contributed by atoms with Crippen molar-refractivity contribution in [1.82, 2.24) is 25.1 Å². The van der Waals surface area contributed by atoms with Crippen LogP contribution in [0.4, 0.5) is 5.82 Å². The highest BCUT2D eigenvalue weighted by Crippen LogP contribution is 2.38. The molecule has 1 saturated carbocycles. The van der Waals surface area contributed by atoms with Crippen molar-refractivity contribution in [3.8, 4) is 11.9 Å². The molecule has 0 aromatic carbocycles. The maximum atomic E-state index is 12.1. The second-order valence-corrected chi connectivity index (χ2v) is 9.39. The Kier molecular flexibility index (Phi) is 7.18. The first-order valence-electron chi connectivity index (χ1n) is 11.4. The van der Waals surface area contributed by atoms with E-state index in [9.17, 15) is 4.21 Å². The SMILES string of the molecule is CC.CS(=O)c1nc(OCC2CC2C#N)cc(N2CCC(c3[nH]nc4ncccc34)CC2)n1. The lowest BCUT2D eigenvalue weighted by Gasteiger charge is -2.32. The third-order valence-corrected chi connectivity index (χ3v) is 6.74. The van der Waals surface area contributed by atoms with E-state index in [1.54, 1.807) is 12.5 Å². The highest BCUT2D eigenvalue weighted by molar-refractivity contribution is 7.84. The quantitative estimate of drug-likeness (QED) is 0.547. The average molecular weight is 468 g/mol. The lowest BCUT2D eigenvalue weighted by molar-refractivity contribution is 0.281. The van der Waals surface area contributed by atoms with Gasteiger partial charge in [0.05, 0.1) is 29.4 Å². The summed E-state index contributed by atoms with van der Waals surface area (Å²) in [5.74, 6) is 1.87. The number of anilines is 1. The molecule has 5 rings (SSSR count).